The lowest BCUT2D eigenvalue weighted by atomic mass is 10.2. The van der Waals surface area contributed by atoms with E-state index in [9.17, 15) is 9.59 Å². The Hall–Kier alpha value is -2.99. The number of aromatic nitrogens is 2. The van der Waals surface area contributed by atoms with Crippen LogP contribution in [-0.4, -0.2) is 27.9 Å². The molecular formula is C19H16ClN3O3. The second-order valence-corrected chi connectivity index (χ2v) is 6.26. The van der Waals surface area contributed by atoms with Crippen molar-refractivity contribution in [2.45, 2.75) is 20.0 Å². The molecule has 0 saturated carbocycles. The van der Waals surface area contributed by atoms with Gasteiger partial charge in [0, 0.05) is 11.6 Å². The molecule has 0 radical (unpaired) electrons. The predicted molar refractivity (Wildman–Crippen MR) is 99.5 cm³/mol. The third-order valence-corrected chi connectivity index (χ3v) is 3.82. The molecule has 26 heavy (non-hydrogen) atoms. The highest BCUT2D eigenvalue weighted by Gasteiger charge is 2.15. The molecule has 1 N–H and O–H groups in total. The van der Waals surface area contributed by atoms with E-state index in [-0.39, 0.29) is 11.8 Å². The fourth-order valence-corrected chi connectivity index (χ4v) is 2.46. The lowest BCUT2D eigenvalue weighted by Gasteiger charge is -2.11. The summed E-state index contributed by atoms with van der Waals surface area (Å²) >= 11 is 6.13. The van der Waals surface area contributed by atoms with Gasteiger partial charge in [-0.3, -0.25) is 4.79 Å². The van der Waals surface area contributed by atoms with Gasteiger partial charge < -0.3 is 10.1 Å². The molecule has 1 aromatic carbocycles. The van der Waals surface area contributed by atoms with Crippen molar-refractivity contribution in [1.82, 2.24) is 9.97 Å². The SMILES string of the molecule is CC(C)OC(=O)c1ccc(Cl)c(NC(=O)c2ccc3cccnc3n2)c1. The lowest BCUT2D eigenvalue weighted by molar-refractivity contribution is 0.0378. The molecule has 2 heterocycles. The molecule has 0 aliphatic heterocycles. The summed E-state index contributed by atoms with van der Waals surface area (Å²) in [7, 11) is 0. The van der Waals surface area contributed by atoms with Gasteiger partial charge in [-0.2, -0.15) is 0 Å². The number of nitrogens with one attached hydrogen (secondary N) is 1. The number of esters is 1. The number of hydrogen-bond donors (Lipinski definition) is 1. The van der Waals surface area contributed by atoms with Crippen molar-refractivity contribution in [1.29, 1.82) is 0 Å². The van der Waals surface area contributed by atoms with Crippen LogP contribution in [0.15, 0.2) is 48.7 Å². The molecule has 0 aliphatic rings. The van der Waals surface area contributed by atoms with E-state index >= 15 is 0 Å². The van der Waals surface area contributed by atoms with Crippen LogP contribution in [0.25, 0.3) is 11.0 Å². The summed E-state index contributed by atoms with van der Waals surface area (Å²) in [4.78, 5) is 32.9. The molecule has 0 bridgehead atoms. The van der Waals surface area contributed by atoms with Crippen molar-refractivity contribution >= 4 is 40.2 Å². The minimum absolute atomic E-state index is 0.197. The van der Waals surface area contributed by atoms with Gasteiger partial charge in [0.2, 0.25) is 0 Å². The fraction of sp³-hybridized carbons (Fsp3) is 0.158. The number of anilines is 1. The quantitative estimate of drug-likeness (QED) is 0.700. The van der Waals surface area contributed by atoms with E-state index in [0.717, 1.165) is 5.39 Å². The first kappa shape index (κ1) is 17.8. The Morgan fingerprint density at radius 2 is 1.96 bits per heavy atom. The maximum absolute atomic E-state index is 12.5. The molecule has 7 heteroatoms. The zero-order chi connectivity index (χ0) is 18.7. The fourth-order valence-electron chi connectivity index (χ4n) is 2.30. The summed E-state index contributed by atoms with van der Waals surface area (Å²) in [6.45, 7) is 3.52. The van der Waals surface area contributed by atoms with Gasteiger partial charge in [0.05, 0.1) is 22.4 Å². The highest BCUT2D eigenvalue weighted by Crippen LogP contribution is 2.24. The molecule has 0 spiro atoms. The number of hydrogen-bond acceptors (Lipinski definition) is 5. The van der Waals surface area contributed by atoms with Gasteiger partial charge in [-0.25, -0.2) is 14.8 Å². The molecule has 3 aromatic rings. The van der Waals surface area contributed by atoms with E-state index in [0.29, 0.717) is 21.9 Å². The molecule has 0 fully saturated rings. The lowest BCUT2D eigenvalue weighted by Crippen LogP contribution is -2.15. The van der Waals surface area contributed by atoms with E-state index < -0.39 is 11.9 Å². The first-order valence-electron chi connectivity index (χ1n) is 7.97. The summed E-state index contributed by atoms with van der Waals surface area (Å²) in [6.07, 6.45) is 1.36. The summed E-state index contributed by atoms with van der Waals surface area (Å²) < 4.78 is 5.15. The van der Waals surface area contributed by atoms with E-state index in [4.69, 9.17) is 16.3 Å². The number of benzene rings is 1. The van der Waals surface area contributed by atoms with E-state index in [1.54, 1.807) is 44.3 Å². The Bertz CT molecular complexity index is 989. The van der Waals surface area contributed by atoms with Crippen molar-refractivity contribution in [3.63, 3.8) is 0 Å². The van der Waals surface area contributed by atoms with Gasteiger partial charge in [0.25, 0.3) is 5.91 Å². The Labute approximate surface area is 155 Å². The predicted octanol–water partition coefficient (Wildman–Crippen LogP) is 4.10. The largest absolute Gasteiger partial charge is 0.459 e. The van der Waals surface area contributed by atoms with Gasteiger partial charge in [-0.15, -0.1) is 0 Å². The molecule has 6 nitrogen and oxygen atoms in total. The first-order chi connectivity index (χ1) is 12.4. The molecule has 2 aromatic heterocycles. The smallest absolute Gasteiger partial charge is 0.338 e. The number of carbonyl (C=O) groups excluding carboxylic acids is 2. The number of amides is 1. The average Bonchev–Trinajstić information content (AvgIpc) is 2.62. The van der Waals surface area contributed by atoms with Crippen LogP contribution in [0.3, 0.4) is 0 Å². The van der Waals surface area contributed by atoms with Crippen LogP contribution < -0.4 is 5.32 Å². The summed E-state index contributed by atoms with van der Waals surface area (Å²) in [5.41, 5.74) is 1.27. The zero-order valence-electron chi connectivity index (χ0n) is 14.2. The van der Waals surface area contributed by atoms with E-state index in [1.807, 2.05) is 6.07 Å². The van der Waals surface area contributed by atoms with Crippen LogP contribution in [0.4, 0.5) is 5.69 Å². The number of halogens is 1. The Morgan fingerprint density at radius 1 is 1.15 bits per heavy atom. The molecule has 1 amide bonds. The number of ether oxygens (including phenoxy) is 1. The van der Waals surface area contributed by atoms with Crippen molar-refractivity contribution in [2.75, 3.05) is 5.32 Å². The third-order valence-electron chi connectivity index (χ3n) is 3.49. The number of carbonyl (C=O) groups is 2. The van der Waals surface area contributed by atoms with Crippen molar-refractivity contribution in [3.8, 4) is 0 Å². The van der Waals surface area contributed by atoms with Crippen LogP contribution in [0, 0.1) is 0 Å². The summed E-state index contributed by atoms with van der Waals surface area (Å²) in [6, 6.07) is 11.6. The Balaban J connectivity index is 1.84. The monoisotopic (exact) mass is 369 g/mol. The van der Waals surface area contributed by atoms with Gasteiger partial charge in [-0.05, 0) is 56.3 Å². The van der Waals surface area contributed by atoms with Gasteiger partial charge in [0.1, 0.15) is 5.69 Å². The molecule has 0 unspecified atom stereocenters. The molecular weight excluding hydrogens is 354 g/mol. The number of fused-ring (bicyclic) bond motifs is 1. The molecule has 0 saturated heterocycles. The van der Waals surface area contributed by atoms with Crippen LogP contribution in [0.1, 0.15) is 34.7 Å². The van der Waals surface area contributed by atoms with Crippen LogP contribution in [0.2, 0.25) is 5.02 Å². The van der Waals surface area contributed by atoms with Crippen LogP contribution in [-0.2, 0) is 4.74 Å². The second kappa shape index (κ2) is 7.49. The normalized spacial score (nSPS) is 10.8. The highest BCUT2D eigenvalue weighted by molar-refractivity contribution is 6.34. The van der Waals surface area contributed by atoms with E-state index in [1.165, 1.54) is 12.1 Å². The Morgan fingerprint density at radius 3 is 2.73 bits per heavy atom. The maximum Gasteiger partial charge on any atom is 0.338 e. The topological polar surface area (TPSA) is 81.2 Å². The summed E-state index contributed by atoms with van der Waals surface area (Å²) in [5, 5.41) is 3.81. The molecule has 3 rings (SSSR count). The van der Waals surface area contributed by atoms with Gasteiger partial charge in [0.15, 0.2) is 5.65 Å². The minimum Gasteiger partial charge on any atom is -0.459 e. The number of nitrogens with zero attached hydrogens (tertiary/aromatic N) is 2. The van der Waals surface area contributed by atoms with Crippen molar-refractivity contribution in [3.05, 3.63) is 64.9 Å². The average molecular weight is 370 g/mol. The van der Waals surface area contributed by atoms with E-state index in [2.05, 4.69) is 15.3 Å². The van der Waals surface area contributed by atoms with Crippen molar-refractivity contribution in [2.24, 2.45) is 0 Å². The first-order valence-corrected chi connectivity index (χ1v) is 8.35. The molecule has 0 aliphatic carbocycles. The van der Waals surface area contributed by atoms with Crippen LogP contribution in [0.5, 0.6) is 0 Å². The maximum atomic E-state index is 12.5. The zero-order valence-corrected chi connectivity index (χ0v) is 14.9. The molecule has 0 atom stereocenters. The van der Waals surface area contributed by atoms with Gasteiger partial charge in [-0.1, -0.05) is 11.6 Å². The minimum atomic E-state index is -0.486. The van der Waals surface area contributed by atoms with Crippen LogP contribution >= 0.6 is 11.6 Å². The third kappa shape index (κ3) is 3.97. The molecule has 132 valence electrons. The Kier molecular flexibility index (Phi) is 5.14. The summed E-state index contributed by atoms with van der Waals surface area (Å²) in [5.74, 6) is -0.936. The van der Waals surface area contributed by atoms with Gasteiger partial charge >= 0.3 is 5.97 Å². The second-order valence-electron chi connectivity index (χ2n) is 5.85. The van der Waals surface area contributed by atoms with Crippen molar-refractivity contribution < 1.29 is 14.3 Å². The highest BCUT2D eigenvalue weighted by atomic mass is 35.5. The number of pyridine rings is 2. The standard InChI is InChI=1S/C19H16ClN3O3/c1-11(2)26-19(25)13-5-7-14(20)16(10-13)23-18(24)15-8-6-12-4-3-9-21-17(12)22-15/h3-11H,1-2H3,(H,23,24). The number of rotatable bonds is 4.